The number of aromatic nitrogens is 2. The van der Waals surface area contributed by atoms with Gasteiger partial charge in [-0.3, -0.25) is 9.59 Å². The smallest absolute Gasteiger partial charge is 0.277 e. The zero-order valence-electron chi connectivity index (χ0n) is 19.0. The van der Waals surface area contributed by atoms with Crippen LogP contribution in [0.2, 0.25) is 0 Å². The number of hydrogen-bond acceptors (Lipinski definition) is 7. The molecule has 0 aliphatic rings. The van der Waals surface area contributed by atoms with Crippen LogP contribution in [0.25, 0.3) is 0 Å². The quantitative estimate of drug-likeness (QED) is 0.391. The van der Waals surface area contributed by atoms with Crippen LogP contribution in [0.15, 0.2) is 58.2 Å². The van der Waals surface area contributed by atoms with E-state index in [1.807, 2.05) is 26.2 Å². The minimum atomic E-state index is -0.273. The molecule has 0 bridgehead atoms. The second-order valence-electron chi connectivity index (χ2n) is 7.51. The lowest BCUT2D eigenvalue weighted by Crippen LogP contribution is -3.06. The number of nitrogens with one attached hydrogen (secondary N) is 3. The van der Waals surface area contributed by atoms with E-state index in [0.29, 0.717) is 33.8 Å². The molecular formula is C23H28N5O4S+. The highest BCUT2D eigenvalue weighted by Crippen LogP contribution is 2.24. The van der Waals surface area contributed by atoms with Crippen molar-refractivity contribution in [2.75, 3.05) is 37.6 Å². The topological polar surface area (TPSA) is 111 Å². The third-order valence-corrected chi connectivity index (χ3v) is 5.76. The molecule has 10 heteroatoms. The van der Waals surface area contributed by atoms with Crippen molar-refractivity contribution in [2.45, 2.75) is 24.6 Å². The molecule has 33 heavy (non-hydrogen) atoms. The van der Waals surface area contributed by atoms with Gasteiger partial charge in [0.15, 0.2) is 6.04 Å². The normalized spacial score (nSPS) is 11.8. The lowest BCUT2D eigenvalue weighted by Gasteiger charge is -2.15. The Morgan fingerprint density at radius 2 is 1.82 bits per heavy atom. The molecular weight excluding hydrogens is 442 g/mol. The number of nitrogens with zero attached hydrogens (tertiary/aromatic N) is 2. The van der Waals surface area contributed by atoms with Crippen LogP contribution in [0.1, 0.15) is 35.6 Å². The van der Waals surface area contributed by atoms with Gasteiger partial charge >= 0.3 is 0 Å². The summed E-state index contributed by atoms with van der Waals surface area (Å²) in [4.78, 5) is 26.0. The maximum atomic E-state index is 12.5. The molecule has 2 amide bonds. The van der Waals surface area contributed by atoms with Crippen molar-refractivity contribution in [2.24, 2.45) is 0 Å². The third-order valence-electron chi connectivity index (χ3n) is 4.94. The fourth-order valence-corrected chi connectivity index (χ4v) is 3.79. The van der Waals surface area contributed by atoms with E-state index in [1.54, 1.807) is 43.5 Å². The van der Waals surface area contributed by atoms with Gasteiger partial charge in [0.05, 0.1) is 32.6 Å². The molecule has 0 radical (unpaired) electrons. The minimum absolute atomic E-state index is 0.124. The Balaban J connectivity index is 1.52. The average Bonchev–Trinajstić information content (AvgIpc) is 3.27. The van der Waals surface area contributed by atoms with E-state index in [-0.39, 0.29) is 23.6 Å². The molecule has 1 atom stereocenters. The first-order valence-corrected chi connectivity index (χ1v) is 11.5. The van der Waals surface area contributed by atoms with Gasteiger partial charge in [0.2, 0.25) is 5.91 Å². The van der Waals surface area contributed by atoms with Crippen molar-refractivity contribution in [3.63, 3.8) is 0 Å². The Morgan fingerprint density at radius 1 is 1.09 bits per heavy atom. The predicted molar refractivity (Wildman–Crippen MR) is 127 cm³/mol. The molecule has 3 aromatic rings. The largest absolute Gasteiger partial charge is 0.495 e. The molecule has 0 aliphatic heterocycles. The molecule has 0 saturated heterocycles. The van der Waals surface area contributed by atoms with Gasteiger partial charge in [0.1, 0.15) is 5.75 Å². The van der Waals surface area contributed by atoms with Crippen molar-refractivity contribution in [1.29, 1.82) is 0 Å². The number of thioether (sulfide) groups is 1. The molecule has 0 unspecified atom stereocenters. The van der Waals surface area contributed by atoms with Crippen LogP contribution >= 0.6 is 11.8 Å². The van der Waals surface area contributed by atoms with Crippen LogP contribution in [-0.4, -0.2) is 49.0 Å². The number of anilines is 2. The molecule has 3 rings (SSSR count). The van der Waals surface area contributed by atoms with Crippen molar-refractivity contribution in [3.05, 3.63) is 60.0 Å². The fraction of sp³-hybridized carbons (Fsp3) is 0.304. The number of benzene rings is 2. The number of carbonyl (C=O) groups is 2. The van der Waals surface area contributed by atoms with Crippen LogP contribution in [0.3, 0.4) is 0 Å². The number of hydrogen-bond donors (Lipinski definition) is 3. The van der Waals surface area contributed by atoms with E-state index in [9.17, 15) is 9.59 Å². The SMILES string of the molecule is CC[C@@H](c1nnc(SCC(=O)Nc2ccc(C(=O)Nc3ccccc3OC)cc2)o1)[NH+](C)C. The molecule has 3 N–H and O–H groups in total. The van der Waals surface area contributed by atoms with Crippen LogP contribution in [0.5, 0.6) is 5.75 Å². The van der Waals surface area contributed by atoms with Crippen LogP contribution in [-0.2, 0) is 4.79 Å². The maximum Gasteiger partial charge on any atom is 0.277 e. The van der Waals surface area contributed by atoms with Crippen molar-refractivity contribution in [3.8, 4) is 5.75 Å². The highest BCUT2D eigenvalue weighted by molar-refractivity contribution is 7.99. The molecule has 0 spiro atoms. The minimum Gasteiger partial charge on any atom is -0.495 e. The standard InChI is InChI=1S/C23H27N5O4S/c1-5-18(28(2)3)22-26-27-23(32-22)33-14-20(29)24-16-12-10-15(11-13-16)21(30)25-17-8-6-7-9-19(17)31-4/h6-13,18H,5,14H2,1-4H3,(H,24,29)(H,25,30)/p+1/t18-/m0/s1. The first-order valence-electron chi connectivity index (χ1n) is 10.5. The second-order valence-corrected chi connectivity index (χ2v) is 8.44. The molecule has 174 valence electrons. The first-order chi connectivity index (χ1) is 15.9. The molecule has 0 aliphatic carbocycles. The number of para-hydroxylation sites is 2. The summed E-state index contributed by atoms with van der Waals surface area (Å²) in [6.45, 7) is 2.07. The molecule has 0 fully saturated rings. The van der Waals surface area contributed by atoms with E-state index in [1.165, 1.54) is 16.7 Å². The molecule has 2 aromatic carbocycles. The van der Waals surface area contributed by atoms with Gasteiger partial charge in [0.25, 0.3) is 17.0 Å². The lowest BCUT2D eigenvalue weighted by atomic mass is 10.2. The van der Waals surface area contributed by atoms with E-state index >= 15 is 0 Å². The summed E-state index contributed by atoms with van der Waals surface area (Å²) < 4.78 is 10.9. The summed E-state index contributed by atoms with van der Waals surface area (Å²) in [5.41, 5.74) is 1.63. The summed E-state index contributed by atoms with van der Waals surface area (Å²) >= 11 is 1.18. The van der Waals surface area contributed by atoms with Gasteiger partial charge in [-0.1, -0.05) is 30.8 Å². The summed E-state index contributed by atoms with van der Waals surface area (Å²) in [7, 11) is 5.61. The zero-order chi connectivity index (χ0) is 23.8. The van der Waals surface area contributed by atoms with E-state index in [2.05, 4.69) is 27.8 Å². The van der Waals surface area contributed by atoms with Gasteiger partial charge in [0, 0.05) is 17.7 Å². The Hall–Kier alpha value is -3.37. The maximum absolute atomic E-state index is 12.5. The summed E-state index contributed by atoms with van der Waals surface area (Å²) in [5, 5.41) is 14.1. The number of quaternary nitrogens is 1. The molecule has 9 nitrogen and oxygen atoms in total. The highest BCUT2D eigenvalue weighted by atomic mass is 32.2. The zero-order valence-corrected chi connectivity index (χ0v) is 19.9. The van der Waals surface area contributed by atoms with Gasteiger partial charge in [-0.2, -0.15) is 0 Å². The van der Waals surface area contributed by atoms with Gasteiger partial charge in [-0.15, -0.1) is 10.2 Å². The monoisotopic (exact) mass is 470 g/mol. The lowest BCUT2D eigenvalue weighted by molar-refractivity contribution is -0.894. The Bertz CT molecular complexity index is 1080. The van der Waals surface area contributed by atoms with Crippen molar-refractivity contribution >= 4 is 35.0 Å². The predicted octanol–water partition coefficient (Wildman–Crippen LogP) is 2.66. The van der Waals surface area contributed by atoms with E-state index in [4.69, 9.17) is 9.15 Å². The second kappa shape index (κ2) is 11.5. The number of carbonyl (C=O) groups excluding carboxylic acids is 2. The average molecular weight is 471 g/mol. The van der Waals surface area contributed by atoms with Crippen molar-refractivity contribution < 1.29 is 23.6 Å². The Morgan fingerprint density at radius 3 is 2.48 bits per heavy atom. The van der Waals surface area contributed by atoms with E-state index < -0.39 is 0 Å². The third kappa shape index (κ3) is 6.56. The molecule has 1 aromatic heterocycles. The number of ether oxygens (including phenoxy) is 1. The summed E-state index contributed by atoms with van der Waals surface area (Å²) in [6, 6.07) is 13.9. The summed E-state index contributed by atoms with van der Waals surface area (Å²) in [5.74, 6) is 0.793. The fourth-order valence-electron chi connectivity index (χ4n) is 3.22. The van der Waals surface area contributed by atoms with Gasteiger partial charge in [-0.05, 0) is 36.4 Å². The number of methoxy groups -OCH3 is 1. The Kier molecular flexibility index (Phi) is 8.45. The highest BCUT2D eigenvalue weighted by Gasteiger charge is 2.22. The van der Waals surface area contributed by atoms with Gasteiger partial charge in [-0.25, -0.2) is 0 Å². The first kappa shape index (κ1) is 24.3. The van der Waals surface area contributed by atoms with Gasteiger partial charge < -0.3 is 24.7 Å². The summed E-state index contributed by atoms with van der Waals surface area (Å²) in [6.07, 6.45) is 0.877. The number of amides is 2. The van der Waals surface area contributed by atoms with Crippen LogP contribution in [0.4, 0.5) is 11.4 Å². The van der Waals surface area contributed by atoms with Crippen molar-refractivity contribution in [1.82, 2.24) is 10.2 Å². The number of rotatable bonds is 10. The molecule has 1 heterocycles. The van der Waals surface area contributed by atoms with Crippen LogP contribution in [0, 0.1) is 0 Å². The Labute approximate surface area is 196 Å². The van der Waals surface area contributed by atoms with E-state index in [0.717, 1.165) is 6.42 Å². The van der Waals surface area contributed by atoms with Crippen LogP contribution < -0.4 is 20.3 Å². The molecule has 0 saturated carbocycles.